The molecule has 0 radical (unpaired) electrons. The fraction of sp³-hybridized carbons (Fsp3) is 0.235. The van der Waals surface area contributed by atoms with Gasteiger partial charge in [0, 0.05) is 17.6 Å². The molecule has 2 aromatic rings. The van der Waals surface area contributed by atoms with Gasteiger partial charge in [-0.2, -0.15) is 13.2 Å². The predicted molar refractivity (Wildman–Crippen MR) is 89.4 cm³/mol. The van der Waals surface area contributed by atoms with Crippen molar-refractivity contribution in [3.05, 3.63) is 47.0 Å². The van der Waals surface area contributed by atoms with Crippen molar-refractivity contribution in [1.82, 2.24) is 10.6 Å². The summed E-state index contributed by atoms with van der Waals surface area (Å²) in [5.41, 5.74) is 0.601. The number of benzene rings is 2. The normalized spacial score (nSPS) is 19.4. The molecule has 2 N–H and O–H groups in total. The van der Waals surface area contributed by atoms with Gasteiger partial charge in [0.2, 0.25) is 6.79 Å². The molecule has 0 aromatic heterocycles. The summed E-state index contributed by atoms with van der Waals surface area (Å²) < 4.78 is 60.9. The SMILES string of the molecule is O=C(NCc1ccc2c(c1)OCO2)N[C@]1(C(F)(F)F)Oc2ccc(Cl)cc2O1. The minimum Gasteiger partial charge on any atom is -0.454 e. The quantitative estimate of drug-likeness (QED) is 0.800. The van der Waals surface area contributed by atoms with Crippen molar-refractivity contribution in [2.75, 3.05) is 6.79 Å². The van der Waals surface area contributed by atoms with E-state index in [1.807, 2.05) is 0 Å². The van der Waals surface area contributed by atoms with Gasteiger partial charge < -0.3 is 24.3 Å². The third-order valence-electron chi connectivity index (χ3n) is 3.95. The van der Waals surface area contributed by atoms with Gasteiger partial charge in [0.1, 0.15) is 0 Å². The number of hydrogen-bond acceptors (Lipinski definition) is 5. The molecular weight excluding hydrogens is 405 g/mol. The molecule has 2 amide bonds. The Balaban J connectivity index is 1.45. The molecule has 4 rings (SSSR count). The van der Waals surface area contributed by atoms with Crippen LogP contribution in [0.4, 0.5) is 18.0 Å². The summed E-state index contributed by atoms with van der Waals surface area (Å²) >= 11 is 5.76. The predicted octanol–water partition coefficient (Wildman–Crippen LogP) is 3.56. The number of urea groups is 1. The molecule has 2 aromatic carbocycles. The molecule has 0 spiro atoms. The van der Waals surface area contributed by atoms with Crippen LogP contribution in [0.3, 0.4) is 0 Å². The third-order valence-corrected chi connectivity index (χ3v) is 4.19. The number of rotatable bonds is 3. The second-order valence-electron chi connectivity index (χ2n) is 5.90. The Hall–Kier alpha value is -3.01. The van der Waals surface area contributed by atoms with Crippen LogP contribution in [-0.4, -0.2) is 24.9 Å². The van der Waals surface area contributed by atoms with E-state index in [9.17, 15) is 18.0 Å². The van der Waals surface area contributed by atoms with E-state index in [1.165, 1.54) is 12.1 Å². The highest BCUT2D eigenvalue weighted by Crippen LogP contribution is 2.46. The standard InChI is InChI=1S/C17H12ClF3N2O5/c18-10-2-4-12-14(6-10)28-17(27-12,16(19,20)21)23-15(24)22-7-9-1-3-11-13(5-9)26-8-25-11/h1-6H,7-8H2,(H2,22,23,24)/t17-/m1/s1. The second-order valence-corrected chi connectivity index (χ2v) is 6.34. The molecule has 1 atom stereocenters. The van der Waals surface area contributed by atoms with Crippen LogP contribution in [0, 0.1) is 0 Å². The van der Waals surface area contributed by atoms with Crippen molar-refractivity contribution in [3.8, 4) is 23.0 Å². The van der Waals surface area contributed by atoms with E-state index in [2.05, 4.69) is 5.32 Å². The van der Waals surface area contributed by atoms with Crippen molar-refractivity contribution in [1.29, 1.82) is 0 Å². The van der Waals surface area contributed by atoms with Gasteiger partial charge >= 0.3 is 18.1 Å². The van der Waals surface area contributed by atoms with Crippen LogP contribution in [0.15, 0.2) is 36.4 Å². The van der Waals surface area contributed by atoms with E-state index in [4.69, 9.17) is 30.5 Å². The molecule has 7 nitrogen and oxygen atoms in total. The number of alkyl halides is 3. The van der Waals surface area contributed by atoms with E-state index in [-0.39, 0.29) is 29.9 Å². The van der Waals surface area contributed by atoms with Gasteiger partial charge in [0.25, 0.3) is 0 Å². The van der Waals surface area contributed by atoms with Crippen LogP contribution >= 0.6 is 11.6 Å². The molecule has 11 heteroatoms. The summed E-state index contributed by atoms with van der Waals surface area (Å²) in [4.78, 5) is 12.1. The van der Waals surface area contributed by atoms with E-state index in [0.717, 1.165) is 6.07 Å². The van der Waals surface area contributed by atoms with Gasteiger partial charge in [-0.15, -0.1) is 0 Å². The molecule has 28 heavy (non-hydrogen) atoms. The zero-order valence-electron chi connectivity index (χ0n) is 13.9. The fourth-order valence-electron chi connectivity index (χ4n) is 2.64. The average molecular weight is 417 g/mol. The number of amides is 2. The number of carbonyl (C=O) groups is 1. The van der Waals surface area contributed by atoms with Gasteiger partial charge in [-0.05, 0) is 29.8 Å². The first-order valence-corrected chi connectivity index (χ1v) is 8.32. The molecule has 2 aliphatic heterocycles. The van der Waals surface area contributed by atoms with Gasteiger partial charge in [0.15, 0.2) is 23.0 Å². The minimum atomic E-state index is -5.06. The van der Waals surface area contributed by atoms with Crippen LogP contribution < -0.4 is 29.6 Å². The minimum absolute atomic E-state index is 0.0603. The number of carbonyl (C=O) groups excluding carboxylic acids is 1. The maximum Gasteiger partial charge on any atom is 0.492 e. The largest absolute Gasteiger partial charge is 0.492 e. The molecule has 148 valence electrons. The summed E-state index contributed by atoms with van der Waals surface area (Å²) in [5, 5.41) is 4.18. The lowest BCUT2D eigenvalue weighted by atomic mass is 10.2. The van der Waals surface area contributed by atoms with E-state index >= 15 is 0 Å². The second kappa shape index (κ2) is 6.55. The Bertz CT molecular complexity index is 939. The first kappa shape index (κ1) is 18.4. The van der Waals surface area contributed by atoms with Crippen molar-refractivity contribution in [3.63, 3.8) is 0 Å². The number of hydrogen-bond donors (Lipinski definition) is 2. The Morgan fingerprint density at radius 2 is 1.75 bits per heavy atom. The number of nitrogens with one attached hydrogen (secondary N) is 2. The molecular formula is C17H12ClF3N2O5. The monoisotopic (exact) mass is 416 g/mol. The van der Waals surface area contributed by atoms with E-state index < -0.39 is 18.1 Å². The molecule has 2 aliphatic rings. The number of ether oxygens (including phenoxy) is 4. The molecule has 0 unspecified atom stereocenters. The maximum atomic E-state index is 13.6. The highest BCUT2D eigenvalue weighted by atomic mass is 35.5. The first-order chi connectivity index (χ1) is 13.3. The Labute approximate surface area is 161 Å². The van der Waals surface area contributed by atoms with Crippen molar-refractivity contribution in [2.24, 2.45) is 0 Å². The highest BCUT2D eigenvalue weighted by Gasteiger charge is 2.65. The lowest BCUT2D eigenvalue weighted by molar-refractivity contribution is -0.317. The maximum absolute atomic E-state index is 13.6. The Kier molecular flexibility index (Phi) is 4.30. The lowest BCUT2D eigenvalue weighted by Crippen LogP contribution is -2.66. The Morgan fingerprint density at radius 1 is 1.04 bits per heavy atom. The summed E-state index contributed by atoms with van der Waals surface area (Å²) in [6.07, 6.45) is -5.06. The van der Waals surface area contributed by atoms with Gasteiger partial charge in [0.05, 0.1) is 0 Å². The molecule has 0 saturated heterocycles. The molecule has 2 heterocycles. The van der Waals surface area contributed by atoms with Crippen LogP contribution in [0.2, 0.25) is 5.02 Å². The van der Waals surface area contributed by atoms with Crippen LogP contribution in [-0.2, 0) is 6.54 Å². The molecule has 0 saturated carbocycles. The van der Waals surface area contributed by atoms with Crippen LogP contribution in [0.25, 0.3) is 0 Å². The van der Waals surface area contributed by atoms with Gasteiger partial charge in [-0.3, -0.25) is 5.32 Å². The first-order valence-electron chi connectivity index (χ1n) is 7.95. The number of fused-ring (bicyclic) bond motifs is 2. The molecule has 0 aliphatic carbocycles. The fourth-order valence-corrected chi connectivity index (χ4v) is 2.80. The molecule has 0 bridgehead atoms. The molecule has 0 fully saturated rings. The third kappa shape index (κ3) is 3.31. The zero-order chi connectivity index (χ0) is 19.9. The Morgan fingerprint density at radius 3 is 2.54 bits per heavy atom. The summed E-state index contributed by atoms with van der Waals surface area (Å²) in [6, 6.07) is 7.48. The topological polar surface area (TPSA) is 78.1 Å². The smallest absolute Gasteiger partial charge is 0.454 e. The van der Waals surface area contributed by atoms with E-state index in [1.54, 1.807) is 23.5 Å². The highest BCUT2D eigenvalue weighted by molar-refractivity contribution is 6.30. The van der Waals surface area contributed by atoms with Crippen molar-refractivity contribution in [2.45, 2.75) is 18.6 Å². The van der Waals surface area contributed by atoms with E-state index in [0.29, 0.717) is 17.1 Å². The van der Waals surface area contributed by atoms with Crippen LogP contribution in [0.5, 0.6) is 23.0 Å². The van der Waals surface area contributed by atoms with Crippen LogP contribution in [0.1, 0.15) is 5.56 Å². The van der Waals surface area contributed by atoms with Crippen molar-refractivity contribution < 1.29 is 36.9 Å². The lowest BCUT2D eigenvalue weighted by Gasteiger charge is -2.29. The summed E-state index contributed by atoms with van der Waals surface area (Å²) in [5.74, 6) is -2.76. The summed E-state index contributed by atoms with van der Waals surface area (Å²) in [6.45, 7) is 0.0231. The summed E-state index contributed by atoms with van der Waals surface area (Å²) in [7, 11) is 0. The number of halogens is 4. The van der Waals surface area contributed by atoms with Gasteiger partial charge in [-0.25, -0.2) is 4.79 Å². The average Bonchev–Trinajstić information content (AvgIpc) is 3.23. The zero-order valence-corrected chi connectivity index (χ0v) is 14.7. The van der Waals surface area contributed by atoms with Crippen molar-refractivity contribution >= 4 is 17.6 Å². The van der Waals surface area contributed by atoms with Gasteiger partial charge in [-0.1, -0.05) is 17.7 Å².